The highest BCUT2D eigenvalue weighted by Crippen LogP contribution is 2.22. The largest absolute Gasteiger partial charge is 0.544 e. The Bertz CT molecular complexity index is 452. The maximum atomic E-state index is 12.0. The van der Waals surface area contributed by atoms with Crippen LogP contribution in [0.4, 0.5) is 0 Å². The third kappa shape index (κ3) is 11.5. The highest BCUT2D eigenvalue weighted by molar-refractivity contribution is 5.69. The molecule has 0 bridgehead atoms. The van der Waals surface area contributed by atoms with Crippen molar-refractivity contribution in [1.29, 1.82) is 0 Å². The van der Waals surface area contributed by atoms with Crippen molar-refractivity contribution in [1.82, 2.24) is 0 Å². The number of aliphatic hydroxyl groups excluding tert-OH is 3. The molecule has 0 saturated heterocycles. The van der Waals surface area contributed by atoms with Crippen molar-refractivity contribution in [2.24, 2.45) is 0 Å². The van der Waals surface area contributed by atoms with E-state index < -0.39 is 24.2 Å². The van der Waals surface area contributed by atoms with Crippen LogP contribution >= 0.6 is 0 Å². The van der Waals surface area contributed by atoms with Crippen LogP contribution in [-0.2, 0) is 4.79 Å². The molecule has 4 atom stereocenters. The van der Waals surface area contributed by atoms with E-state index in [4.69, 9.17) is 0 Å². The molecule has 0 fully saturated rings. The molecule has 0 amide bonds. The number of carbonyl (C=O) groups excluding carboxylic acids is 1. The third-order valence-electron chi connectivity index (χ3n) is 5.25. The Hall–Kier alpha value is -1.21. The lowest BCUT2D eigenvalue weighted by atomic mass is 10.0. The van der Waals surface area contributed by atoms with Gasteiger partial charge < -0.3 is 29.7 Å². The topological polar surface area (TPSA) is 101 Å². The average Bonchev–Trinajstić information content (AvgIpc) is 2.66. The van der Waals surface area contributed by atoms with Crippen molar-refractivity contribution in [3.8, 4) is 0 Å². The minimum Gasteiger partial charge on any atom is -0.544 e. The number of aliphatic carboxylic acids is 1. The fourth-order valence-electron chi connectivity index (χ4n) is 3.82. The van der Waals surface area contributed by atoms with E-state index in [1.807, 2.05) is 31.2 Å². The summed E-state index contributed by atoms with van der Waals surface area (Å²) in [6.07, 6.45) is 12.1. The summed E-state index contributed by atoms with van der Waals surface area (Å²) in [7, 11) is 0. The van der Waals surface area contributed by atoms with Crippen molar-refractivity contribution in [3.63, 3.8) is 0 Å². The van der Waals surface area contributed by atoms with Gasteiger partial charge in [0.05, 0.1) is 12.6 Å². The SMILES string of the molecule is CCC/C=C\CC(O)C[N+](CCO)(CC(O)C/C=C/CCC)C(CCC)C(=O)[O-]. The molecule has 6 heteroatoms. The Labute approximate surface area is 177 Å². The maximum absolute atomic E-state index is 12.0. The number of nitrogens with zero attached hydrogens (tertiary/aromatic N) is 1. The quantitative estimate of drug-likeness (QED) is 0.235. The molecule has 0 radical (unpaired) electrons. The number of unbranched alkanes of at least 4 members (excludes halogenated alkanes) is 2. The Balaban J connectivity index is 5.54. The standard InChI is InChI=1S/C23H43NO5/c1-4-7-9-11-14-20(26)18-24(16-17-25,22(13-6-3)23(28)29)19-21(27)15-12-10-8-5-2/h9-12,20-22,25-27H,4-8,13-19H2,1-3H3/b11-9-,12-10+. The van der Waals surface area contributed by atoms with Crippen LogP contribution in [0.3, 0.4) is 0 Å². The van der Waals surface area contributed by atoms with Crippen LogP contribution in [0.5, 0.6) is 0 Å². The van der Waals surface area contributed by atoms with Crippen LogP contribution in [0.25, 0.3) is 0 Å². The lowest BCUT2D eigenvalue weighted by molar-refractivity contribution is -0.950. The fourth-order valence-corrected chi connectivity index (χ4v) is 3.82. The second kappa shape index (κ2) is 16.6. The van der Waals surface area contributed by atoms with Gasteiger partial charge in [-0.2, -0.15) is 0 Å². The van der Waals surface area contributed by atoms with Gasteiger partial charge in [0.1, 0.15) is 37.9 Å². The van der Waals surface area contributed by atoms with E-state index in [0.29, 0.717) is 25.7 Å². The molecule has 0 aromatic rings. The Morgan fingerprint density at radius 2 is 1.38 bits per heavy atom. The molecular formula is C23H43NO5. The molecule has 3 N–H and O–H groups in total. The van der Waals surface area contributed by atoms with Gasteiger partial charge >= 0.3 is 0 Å². The summed E-state index contributed by atoms with van der Waals surface area (Å²) in [4.78, 5) is 12.0. The van der Waals surface area contributed by atoms with Gasteiger partial charge in [0.15, 0.2) is 0 Å². The Morgan fingerprint density at radius 3 is 1.72 bits per heavy atom. The number of quaternary nitrogens is 1. The summed E-state index contributed by atoms with van der Waals surface area (Å²) >= 11 is 0. The number of carboxylic acids is 1. The van der Waals surface area contributed by atoms with Gasteiger partial charge in [-0.25, -0.2) is 0 Å². The van der Waals surface area contributed by atoms with Gasteiger partial charge in [0.2, 0.25) is 0 Å². The molecule has 0 aromatic heterocycles. The van der Waals surface area contributed by atoms with Crippen LogP contribution in [0.2, 0.25) is 0 Å². The summed E-state index contributed by atoms with van der Waals surface area (Å²) in [5, 5.41) is 42.9. The van der Waals surface area contributed by atoms with Crippen LogP contribution in [-0.4, -0.2) is 70.3 Å². The molecule has 0 aromatic carbocycles. The Morgan fingerprint density at radius 1 is 0.897 bits per heavy atom. The predicted octanol–water partition coefficient (Wildman–Crippen LogP) is 1.93. The number of carboxylic acid groups (broad SMARTS) is 1. The fraction of sp³-hybridized carbons (Fsp3) is 0.783. The average molecular weight is 414 g/mol. The number of carbonyl (C=O) groups is 1. The number of aliphatic hydroxyl groups is 3. The summed E-state index contributed by atoms with van der Waals surface area (Å²) in [6, 6.07) is -0.879. The van der Waals surface area contributed by atoms with E-state index in [2.05, 4.69) is 13.8 Å². The Kier molecular flexibility index (Phi) is 15.9. The summed E-state index contributed by atoms with van der Waals surface area (Å²) < 4.78 is -0.0712. The minimum atomic E-state index is -1.19. The minimum absolute atomic E-state index is 0.0712. The van der Waals surface area contributed by atoms with Crippen LogP contribution in [0.1, 0.15) is 72.1 Å². The molecule has 4 unspecified atom stereocenters. The van der Waals surface area contributed by atoms with Gasteiger partial charge in [0.25, 0.3) is 0 Å². The van der Waals surface area contributed by atoms with E-state index in [9.17, 15) is 25.2 Å². The molecule has 0 spiro atoms. The first kappa shape index (κ1) is 27.8. The van der Waals surface area contributed by atoms with Crippen molar-refractivity contribution in [3.05, 3.63) is 24.3 Å². The van der Waals surface area contributed by atoms with E-state index in [1.165, 1.54) is 0 Å². The second-order valence-electron chi connectivity index (χ2n) is 7.95. The number of hydrogen-bond donors (Lipinski definition) is 3. The summed E-state index contributed by atoms with van der Waals surface area (Å²) in [5.41, 5.74) is 0. The number of allylic oxidation sites excluding steroid dienone is 2. The van der Waals surface area contributed by atoms with Crippen molar-refractivity contribution >= 4 is 5.97 Å². The van der Waals surface area contributed by atoms with Crippen molar-refractivity contribution < 1.29 is 29.7 Å². The van der Waals surface area contributed by atoms with Crippen LogP contribution in [0, 0.1) is 0 Å². The molecule has 29 heavy (non-hydrogen) atoms. The molecule has 0 saturated carbocycles. The number of hydrogen-bond acceptors (Lipinski definition) is 5. The van der Waals surface area contributed by atoms with E-state index in [-0.39, 0.29) is 30.7 Å². The lowest BCUT2D eigenvalue weighted by Gasteiger charge is -2.47. The second-order valence-corrected chi connectivity index (χ2v) is 7.95. The summed E-state index contributed by atoms with van der Waals surface area (Å²) in [5.74, 6) is -1.19. The smallest absolute Gasteiger partial charge is 0.129 e. The van der Waals surface area contributed by atoms with Gasteiger partial charge in [-0.05, 0) is 25.7 Å². The third-order valence-corrected chi connectivity index (χ3v) is 5.25. The molecule has 0 rings (SSSR count). The number of rotatable bonds is 18. The zero-order valence-electron chi connectivity index (χ0n) is 18.6. The van der Waals surface area contributed by atoms with Crippen LogP contribution < -0.4 is 5.11 Å². The first-order chi connectivity index (χ1) is 13.9. The molecule has 0 aliphatic carbocycles. The van der Waals surface area contributed by atoms with Gasteiger partial charge in [-0.1, -0.05) is 64.3 Å². The van der Waals surface area contributed by atoms with E-state index >= 15 is 0 Å². The zero-order valence-corrected chi connectivity index (χ0v) is 18.6. The first-order valence-electron chi connectivity index (χ1n) is 11.2. The highest BCUT2D eigenvalue weighted by Gasteiger charge is 2.40. The van der Waals surface area contributed by atoms with Gasteiger partial charge in [-0.15, -0.1) is 0 Å². The zero-order chi connectivity index (χ0) is 22.1. The maximum Gasteiger partial charge on any atom is 0.129 e. The molecule has 0 aliphatic heterocycles. The molecule has 6 nitrogen and oxygen atoms in total. The van der Waals surface area contributed by atoms with Gasteiger partial charge in [-0.3, -0.25) is 0 Å². The van der Waals surface area contributed by atoms with Crippen molar-refractivity contribution in [2.75, 3.05) is 26.2 Å². The molecule has 170 valence electrons. The first-order valence-corrected chi connectivity index (χ1v) is 11.2. The molecule has 0 aliphatic rings. The van der Waals surface area contributed by atoms with Crippen molar-refractivity contribution in [2.45, 2.75) is 90.4 Å². The van der Waals surface area contributed by atoms with E-state index in [1.54, 1.807) is 0 Å². The normalized spacial score (nSPS) is 17.4. The monoisotopic (exact) mass is 413 g/mol. The summed E-state index contributed by atoms with van der Waals surface area (Å²) in [6.45, 7) is 6.31. The van der Waals surface area contributed by atoms with Gasteiger partial charge in [0, 0.05) is 6.42 Å². The van der Waals surface area contributed by atoms with E-state index in [0.717, 1.165) is 25.7 Å². The molecular weight excluding hydrogens is 370 g/mol. The molecule has 0 heterocycles. The highest BCUT2D eigenvalue weighted by atomic mass is 16.4. The lowest BCUT2D eigenvalue weighted by Crippen LogP contribution is -2.67. The predicted molar refractivity (Wildman–Crippen MR) is 115 cm³/mol. The van der Waals surface area contributed by atoms with Crippen LogP contribution in [0.15, 0.2) is 24.3 Å².